The first kappa shape index (κ1) is 12.7. The number of anilines is 1. The van der Waals surface area contributed by atoms with Crippen LogP contribution in [0.3, 0.4) is 0 Å². The molecule has 0 bridgehead atoms. The van der Waals surface area contributed by atoms with Gasteiger partial charge in [0.25, 0.3) is 11.6 Å². The van der Waals surface area contributed by atoms with Crippen molar-refractivity contribution in [2.45, 2.75) is 13.8 Å². The van der Waals surface area contributed by atoms with E-state index in [9.17, 15) is 14.9 Å². The fourth-order valence-electron chi connectivity index (χ4n) is 1.58. The molecule has 98 valence electrons. The average Bonchev–Trinajstić information content (AvgIpc) is 2.70. The SMILES string of the molecule is Cc1noc(C)c1NC(=O)c1ccc([N+](=O)[O-])cc1. The van der Waals surface area contributed by atoms with Gasteiger partial charge in [0, 0.05) is 17.7 Å². The highest BCUT2D eigenvalue weighted by Crippen LogP contribution is 2.20. The number of nitro benzene ring substituents is 1. The highest BCUT2D eigenvalue weighted by atomic mass is 16.6. The molecule has 7 nitrogen and oxygen atoms in total. The zero-order valence-electron chi connectivity index (χ0n) is 10.3. The Bertz CT molecular complexity index is 611. The summed E-state index contributed by atoms with van der Waals surface area (Å²) in [7, 11) is 0. The van der Waals surface area contributed by atoms with Gasteiger partial charge in [-0.15, -0.1) is 0 Å². The number of rotatable bonds is 3. The Kier molecular flexibility index (Phi) is 3.28. The maximum absolute atomic E-state index is 11.9. The molecule has 0 unspecified atom stereocenters. The van der Waals surface area contributed by atoms with Crippen LogP contribution in [0.15, 0.2) is 28.8 Å². The number of aryl methyl sites for hydroxylation is 2. The molecule has 1 aromatic carbocycles. The van der Waals surface area contributed by atoms with Crippen molar-refractivity contribution in [3.05, 3.63) is 51.4 Å². The third-order valence-corrected chi connectivity index (χ3v) is 2.61. The molecule has 1 amide bonds. The standard InChI is InChI=1S/C12H11N3O4/c1-7-11(8(2)19-14-7)13-12(16)9-3-5-10(6-4-9)15(17)18/h3-6H,1-2H3,(H,13,16). The predicted molar refractivity (Wildman–Crippen MR) is 67.0 cm³/mol. The van der Waals surface area contributed by atoms with Gasteiger partial charge in [-0.2, -0.15) is 0 Å². The summed E-state index contributed by atoms with van der Waals surface area (Å²) < 4.78 is 4.93. The van der Waals surface area contributed by atoms with Crippen LogP contribution in [0.2, 0.25) is 0 Å². The van der Waals surface area contributed by atoms with E-state index in [-0.39, 0.29) is 11.6 Å². The van der Waals surface area contributed by atoms with E-state index in [1.807, 2.05) is 0 Å². The first-order chi connectivity index (χ1) is 8.99. The fraction of sp³-hybridized carbons (Fsp3) is 0.167. The van der Waals surface area contributed by atoms with E-state index in [4.69, 9.17) is 4.52 Å². The first-order valence-electron chi connectivity index (χ1n) is 5.47. The lowest BCUT2D eigenvalue weighted by Gasteiger charge is -2.03. The fourth-order valence-corrected chi connectivity index (χ4v) is 1.58. The molecule has 7 heteroatoms. The van der Waals surface area contributed by atoms with Gasteiger partial charge in [-0.3, -0.25) is 14.9 Å². The van der Waals surface area contributed by atoms with Crippen molar-refractivity contribution < 1.29 is 14.2 Å². The van der Waals surface area contributed by atoms with Crippen molar-refractivity contribution in [3.8, 4) is 0 Å². The molecule has 0 saturated heterocycles. The Hall–Kier alpha value is -2.70. The lowest BCUT2D eigenvalue weighted by atomic mass is 10.2. The Morgan fingerprint density at radius 1 is 1.32 bits per heavy atom. The van der Waals surface area contributed by atoms with Gasteiger partial charge in [0.2, 0.25) is 0 Å². The van der Waals surface area contributed by atoms with Gasteiger partial charge in [0.15, 0.2) is 5.76 Å². The molecule has 0 radical (unpaired) electrons. The van der Waals surface area contributed by atoms with Gasteiger partial charge in [-0.1, -0.05) is 5.16 Å². The molecule has 0 spiro atoms. The third kappa shape index (κ3) is 2.59. The molecule has 19 heavy (non-hydrogen) atoms. The summed E-state index contributed by atoms with van der Waals surface area (Å²) in [5.41, 5.74) is 1.36. The molecule has 0 aliphatic carbocycles. The number of nitro groups is 1. The summed E-state index contributed by atoms with van der Waals surface area (Å²) in [5.74, 6) is 0.136. The zero-order chi connectivity index (χ0) is 14.0. The van der Waals surface area contributed by atoms with Crippen LogP contribution >= 0.6 is 0 Å². The van der Waals surface area contributed by atoms with Crippen LogP contribution in [0.4, 0.5) is 11.4 Å². The van der Waals surface area contributed by atoms with Crippen molar-refractivity contribution in [2.24, 2.45) is 0 Å². The van der Waals surface area contributed by atoms with E-state index in [2.05, 4.69) is 10.5 Å². The number of carbonyl (C=O) groups excluding carboxylic acids is 1. The van der Waals surface area contributed by atoms with Crippen molar-refractivity contribution in [2.75, 3.05) is 5.32 Å². The van der Waals surface area contributed by atoms with E-state index in [1.165, 1.54) is 24.3 Å². The summed E-state index contributed by atoms with van der Waals surface area (Å²) >= 11 is 0. The normalized spacial score (nSPS) is 10.2. The maximum atomic E-state index is 11.9. The van der Waals surface area contributed by atoms with Gasteiger partial charge in [0.1, 0.15) is 11.4 Å². The minimum Gasteiger partial charge on any atom is -0.359 e. The third-order valence-electron chi connectivity index (χ3n) is 2.61. The molecule has 0 fully saturated rings. The van der Waals surface area contributed by atoms with Crippen molar-refractivity contribution >= 4 is 17.3 Å². The topological polar surface area (TPSA) is 98.3 Å². The molecule has 0 atom stereocenters. The second kappa shape index (κ2) is 4.89. The molecular formula is C12H11N3O4. The molecule has 2 aromatic rings. The predicted octanol–water partition coefficient (Wildman–Crippen LogP) is 2.45. The summed E-state index contributed by atoms with van der Waals surface area (Å²) in [6.45, 7) is 3.40. The van der Waals surface area contributed by atoms with Gasteiger partial charge < -0.3 is 9.84 Å². The summed E-state index contributed by atoms with van der Waals surface area (Å²) in [6.07, 6.45) is 0. The van der Waals surface area contributed by atoms with Gasteiger partial charge in [-0.05, 0) is 26.0 Å². The highest BCUT2D eigenvalue weighted by molar-refractivity contribution is 6.04. The van der Waals surface area contributed by atoms with Crippen LogP contribution in [0, 0.1) is 24.0 Å². The number of non-ortho nitro benzene ring substituents is 1. The van der Waals surface area contributed by atoms with Crippen molar-refractivity contribution in [1.29, 1.82) is 0 Å². The quantitative estimate of drug-likeness (QED) is 0.675. The lowest BCUT2D eigenvalue weighted by molar-refractivity contribution is -0.384. The number of benzene rings is 1. The zero-order valence-corrected chi connectivity index (χ0v) is 10.3. The molecule has 1 heterocycles. The van der Waals surface area contributed by atoms with Crippen LogP contribution in [0.25, 0.3) is 0 Å². The molecule has 1 aromatic heterocycles. The number of nitrogens with zero attached hydrogens (tertiary/aromatic N) is 2. The van der Waals surface area contributed by atoms with Crippen molar-refractivity contribution in [1.82, 2.24) is 5.16 Å². The second-order valence-corrected chi connectivity index (χ2v) is 3.96. The molecule has 2 rings (SSSR count). The molecule has 1 N–H and O–H groups in total. The summed E-state index contributed by atoms with van der Waals surface area (Å²) in [6, 6.07) is 5.35. The number of hydrogen-bond acceptors (Lipinski definition) is 5. The molecule has 0 saturated carbocycles. The minimum absolute atomic E-state index is 0.0612. The monoisotopic (exact) mass is 261 g/mol. The molecule has 0 aliphatic heterocycles. The largest absolute Gasteiger partial charge is 0.359 e. The van der Waals surface area contributed by atoms with Gasteiger partial charge in [0.05, 0.1) is 4.92 Å². The lowest BCUT2D eigenvalue weighted by Crippen LogP contribution is -2.12. The van der Waals surface area contributed by atoms with E-state index in [1.54, 1.807) is 13.8 Å². The van der Waals surface area contributed by atoms with E-state index < -0.39 is 4.92 Å². The van der Waals surface area contributed by atoms with Gasteiger partial charge >= 0.3 is 0 Å². The number of amides is 1. The first-order valence-corrected chi connectivity index (χ1v) is 5.47. The van der Waals surface area contributed by atoms with Crippen LogP contribution in [0.5, 0.6) is 0 Å². The smallest absolute Gasteiger partial charge is 0.269 e. The Balaban J connectivity index is 2.18. The summed E-state index contributed by atoms with van der Waals surface area (Å²) in [4.78, 5) is 21.9. The molecular weight excluding hydrogens is 250 g/mol. The van der Waals surface area contributed by atoms with Crippen molar-refractivity contribution in [3.63, 3.8) is 0 Å². The van der Waals surface area contributed by atoms with Crippen LogP contribution < -0.4 is 5.32 Å². The second-order valence-electron chi connectivity index (χ2n) is 3.96. The Morgan fingerprint density at radius 3 is 2.42 bits per heavy atom. The molecule has 0 aliphatic rings. The highest BCUT2D eigenvalue weighted by Gasteiger charge is 2.14. The van der Waals surface area contributed by atoms with Crippen LogP contribution in [0.1, 0.15) is 21.8 Å². The van der Waals surface area contributed by atoms with E-state index in [0.717, 1.165) is 0 Å². The maximum Gasteiger partial charge on any atom is 0.269 e. The number of aromatic nitrogens is 1. The van der Waals surface area contributed by atoms with Gasteiger partial charge in [-0.25, -0.2) is 0 Å². The van der Waals surface area contributed by atoms with Crippen LogP contribution in [-0.4, -0.2) is 16.0 Å². The number of nitrogens with one attached hydrogen (secondary N) is 1. The minimum atomic E-state index is -0.518. The Labute approximate surface area is 108 Å². The number of carbonyl (C=O) groups is 1. The van der Waals surface area contributed by atoms with E-state index in [0.29, 0.717) is 22.7 Å². The summed E-state index contributed by atoms with van der Waals surface area (Å²) in [5, 5.41) is 16.9. The van der Waals surface area contributed by atoms with Crippen LogP contribution in [-0.2, 0) is 0 Å². The Morgan fingerprint density at radius 2 is 1.95 bits per heavy atom. The number of hydrogen-bond donors (Lipinski definition) is 1. The average molecular weight is 261 g/mol. The van der Waals surface area contributed by atoms with E-state index >= 15 is 0 Å².